The summed E-state index contributed by atoms with van der Waals surface area (Å²) in [5.41, 5.74) is 1.61. The van der Waals surface area contributed by atoms with E-state index in [1.807, 2.05) is 27.7 Å². The Balaban J connectivity index is 2.38. The van der Waals surface area contributed by atoms with Gasteiger partial charge in [-0.05, 0) is 38.3 Å². The van der Waals surface area contributed by atoms with Gasteiger partial charge in [-0.3, -0.25) is 19.3 Å². The van der Waals surface area contributed by atoms with Crippen molar-refractivity contribution in [3.63, 3.8) is 0 Å². The molecule has 0 aromatic heterocycles. The third-order valence-electron chi connectivity index (χ3n) is 4.27. The van der Waals surface area contributed by atoms with E-state index in [4.69, 9.17) is 0 Å². The minimum absolute atomic E-state index is 0.168. The van der Waals surface area contributed by atoms with E-state index in [1.54, 1.807) is 29.2 Å². The second kappa shape index (κ2) is 7.64. The van der Waals surface area contributed by atoms with Crippen molar-refractivity contribution in [1.82, 2.24) is 9.80 Å². The maximum absolute atomic E-state index is 13.1. The number of hydrogen-bond donors (Lipinski definition) is 0. The molecule has 1 aromatic carbocycles. The monoisotopic (exact) mass is 342 g/mol. The maximum atomic E-state index is 13.1. The molecule has 0 saturated carbocycles. The van der Waals surface area contributed by atoms with Gasteiger partial charge in [0, 0.05) is 13.1 Å². The highest BCUT2D eigenvalue weighted by atomic mass is 16.2. The number of likely N-dealkylation sites (N-methyl/N-ethyl adjacent to an activating group) is 1. The Morgan fingerprint density at radius 2 is 1.68 bits per heavy atom. The van der Waals surface area contributed by atoms with E-state index in [1.165, 1.54) is 0 Å². The molecule has 5 nitrogen and oxygen atoms in total. The van der Waals surface area contributed by atoms with Gasteiger partial charge < -0.3 is 4.90 Å². The van der Waals surface area contributed by atoms with Gasteiger partial charge in [-0.25, -0.2) is 0 Å². The summed E-state index contributed by atoms with van der Waals surface area (Å²) in [5, 5.41) is 0. The molecule has 2 rings (SSSR count). The van der Waals surface area contributed by atoms with Gasteiger partial charge in [0.1, 0.15) is 6.04 Å². The number of hydrogen-bond acceptors (Lipinski definition) is 3. The molecule has 0 radical (unpaired) electrons. The summed E-state index contributed by atoms with van der Waals surface area (Å²) in [6.07, 6.45) is 0.441. The van der Waals surface area contributed by atoms with Gasteiger partial charge in [0.15, 0.2) is 0 Å². The van der Waals surface area contributed by atoms with Crippen molar-refractivity contribution in [2.75, 3.05) is 13.1 Å². The Kier molecular flexibility index (Phi) is 5.77. The van der Waals surface area contributed by atoms with Crippen molar-refractivity contribution in [3.8, 4) is 0 Å². The molecule has 0 spiro atoms. The molecule has 0 saturated heterocycles. The predicted molar refractivity (Wildman–Crippen MR) is 97.3 cm³/mol. The molecule has 1 aromatic rings. The molecule has 3 amide bonds. The SMILES string of the molecule is C=C(C)CN(CC)C(=O)C(CC(C)C)N1C(=O)c2ccccc2C1=O. The van der Waals surface area contributed by atoms with Gasteiger partial charge in [-0.15, -0.1) is 0 Å². The number of amides is 3. The molecule has 5 heteroatoms. The van der Waals surface area contributed by atoms with Crippen LogP contribution < -0.4 is 0 Å². The summed E-state index contributed by atoms with van der Waals surface area (Å²) in [4.78, 5) is 41.5. The molecule has 0 bridgehead atoms. The molecule has 0 aliphatic carbocycles. The van der Waals surface area contributed by atoms with Crippen molar-refractivity contribution >= 4 is 17.7 Å². The van der Waals surface area contributed by atoms with Crippen molar-refractivity contribution in [1.29, 1.82) is 0 Å². The van der Waals surface area contributed by atoms with E-state index in [0.717, 1.165) is 10.5 Å². The van der Waals surface area contributed by atoms with Crippen LogP contribution >= 0.6 is 0 Å². The van der Waals surface area contributed by atoms with Gasteiger partial charge in [0.2, 0.25) is 5.91 Å². The highest BCUT2D eigenvalue weighted by molar-refractivity contribution is 6.22. The molecule has 0 N–H and O–H groups in total. The number of benzene rings is 1. The minimum Gasteiger partial charge on any atom is -0.337 e. The highest BCUT2D eigenvalue weighted by Gasteiger charge is 2.43. The first-order chi connectivity index (χ1) is 11.8. The Hall–Kier alpha value is -2.43. The van der Waals surface area contributed by atoms with E-state index >= 15 is 0 Å². The normalized spacial score (nSPS) is 14.7. The van der Waals surface area contributed by atoms with Crippen LogP contribution in [0.2, 0.25) is 0 Å². The predicted octanol–water partition coefficient (Wildman–Crippen LogP) is 3.12. The third kappa shape index (κ3) is 3.81. The largest absolute Gasteiger partial charge is 0.337 e. The number of fused-ring (bicyclic) bond motifs is 1. The topological polar surface area (TPSA) is 57.7 Å². The van der Waals surface area contributed by atoms with Gasteiger partial charge in [-0.2, -0.15) is 0 Å². The van der Waals surface area contributed by atoms with Crippen molar-refractivity contribution in [3.05, 3.63) is 47.5 Å². The van der Waals surface area contributed by atoms with E-state index in [0.29, 0.717) is 30.6 Å². The van der Waals surface area contributed by atoms with Crippen LogP contribution in [-0.4, -0.2) is 46.7 Å². The first-order valence-corrected chi connectivity index (χ1v) is 8.68. The Morgan fingerprint density at radius 1 is 1.16 bits per heavy atom. The lowest BCUT2D eigenvalue weighted by Crippen LogP contribution is -2.51. The fraction of sp³-hybridized carbons (Fsp3) is 0.450. The van der Waals surface area contributed by atoms with Gasteiger partial charge in [-0.1, -0.05) is 38.1 Å². The fourth-order valence-electron chi connectivity index (χ4n) is 3.14. The summed E-state index contributed by atoms with van der Waals surface area (Å²) in [6.45, 7) is 12.5. The molecule has 1 aliphatic rings. The summed E-state index contributed by atoms with van der Waals surface area (Å²) < 4.78 is 0. The summed E-state index contributed by atoms with van der Waals surface area (Å²) >= 11 is 0. The van der Waals surface area contributed by atoms with Crippen molar-refractivity contribution in [2.45, 2.75) is 40.2 Å². The van der Waals surface area contributed by atoms with Gasteiger partial charge in [0.25, 0.3) is 11.8 Å². The van der Waals surface area contributed by atoms with Crippen molar-refractivity contribution < 1.29 is 14.4 Å². The first kappa shape index (κ1) is 18.9. The van der Waals surface area contributed by atoms with Crippen LogP contribution in [-0.2, 0) is 4.79 Å². The number of carbonyl (C=O) groups is 3. The number of rotatable bonds is 7. The first-order valence-electron chi connectivity index (χ1n) is 8.68. The van der Waals surface area contributed by atoms with Crippen molar-refractivity contribution in [2.24, 2.45) is 5.92 Å². The fourth-order valence-corrected chi connectivity index (χ4v) is 3.14. The van der Waals surface area contributed by atoms with Crippen LogP contribution in [0.15, 0.2) is 36.4 Å². The van der Waals surface area contributed by atoms with E-state index in [9.17, 15) is 14.4 Å². The number of nitrogens with zero attached hydrogens (tertiary/aromatic N) is 2. The Labute approximate surface area is 149 Å². The van der Waals surface area contributed by atoms with Crippen LogP contribution in [0.1, 0.15) is 54.8 Å². The second-order valence-electron chi connectivity index (χ2n) is 6.98. The highest BCUT2D eigenvalue weighted by Crippen LogP contribution is 2.27. The van der Waals surface area contributed by atoms with Gasteiger partial charge >= 0.3 is 0 Å². The second-order valence-corrected chi connectivity index (χ2v) is 6.98. The molecule has 1 atom stereocenters. The van der Waals surface area contributed by atoms with E-state index in [-0.39, 0.29) is 23.6 Å². The molecule has 134 valence electrons. The van der Waals surface area contributed by atoms with Crippen LogP contribution in [0.3, 0.4) is 0 Å². The van der Waals surface area contributed by atoms with Gasteiger partial charge in [0.05, 0.1) is 11.1 Å². The van der Waals surface area contributed by atoms with E-state index < -0.39 is 6.04 Å². The average molecular weight is 342 g/mol. The zero-order chi connectivity index (χ0) is 18.7. The Morgan fingerprint density at radius 3 is 2.08 bits per heavy atom. The maximum Gasteiger partial charge on any atom is 0.262 e. The van der Waals surface area contributed by atoms with Crippen LogP contribution in [0.25, 0.3) is 0 Å². The molecule has 1 unspecified atom stereocenters. The van der Waals surface area contributed by atoms with Crippen LogP contribution in [0.5, 0.6) is 0 Å². The smallest absolute Gasteiger partial charge is 0.262 e. The quantitative estimate of drug-likeness (QED) is 0.565. The Bertz CT molecular complexity index is 674. The molecule has 25 heavy (non-hydrogen) atoms. The van der Waals surface area contributed by atoms with Crippen LogP contribution in [0.4, 0.5) is 0 Å². The molecule has 1 aliphatic heterocycles. The zero-order valence-electron chi connectivity index (χ0n) is 15.4. The lowest BCUT2D eigenvalue weighted by atomic mass is 10.0. The van der Waals surface area contributed by atoms with E-state index in [2.05, 4.69) is 6.58 Å². The molecular weight excluding hydrogens is 316 g/mol. The summed E-state index contributed by atoms with van der Waals surface area (Å²) in [5.74, 6) is -0.799. The number of imide groups is 1. The zero-order valence-corrected chi connectivity index (χ0v) is 15.4. The molecule has 1 heterocycles. The lowest BCUT2D eigenvalue weighted by Gasteiger charge is -2.32. The standard InChI is InChI=1S/C20H26N2O3/c1-6-21(12-14(4)5)20(25)17(11-13(2)3)22-18(23)15-9-7-8-10-16(15)19(22)24/h7-10,13,17H,4,6,11-12H2,1-3,5H3. The molecule has 0 fully saturated rings. The summed E-state index contributed by atoms with van der Waals surface area (Å²) in [6, 6.07) is 5.95. The number of carbonyl (C=O) groups excluding carboxylic acids is 3. The lowest BCUT2D eigenvalue weighted by molar-refractivity contribution is -0.135. The third-order valence-corrected chi connectivity index (χ3v) is 4.27. The average Bonchev–Trinajstić information content (AvgIpc) is 2.81. The summed E-state index contributed by atoms with van der Waals surface area (Å²) in [7, 11) is 0. The van der Waals surface area contributed by atoms with Crippen LogP contribution in [0, 0.1) is 5.92 Å². The minimum atomic E-state index is -0.785. The molecular formula is C20H26N2O3.